The highest BCUT2D eigenvalue weighted by molar-refractivity contribution is 5.88. The minimum absolute atomic E-state index is 0.0405. The fourth-order valence-electron chi connectivity index (χ4n) is 4.77. The molecule has 1 saturated carbocycles. The fourth-order valence-corrected chi connectivity index (χ4v) is 4.77. The molecule has 2 unspecified atom stereocenters. The van der Waals surface area contributed by atoms with Gasteiger partial charge in [0.2, 0.25) is 0 Å². The molecule has 2 fully saturated rings. The summed E-state index contributed by atoms with van der Waals surface area (Å²) in [6.45, 7) is 1.83. The summed E-state index contributed by atoms with van der Waals surface area (Å²) in [5, 5.41) is 30.4. The van der Waals surface area contributed by atoms with Crippen molar-refractivity contribution in [3.05, 3.63) is 65.7 Å². The van der Waals surface area contributed by atoms with E-state index >= 15 is 0 Å². The molecule has 7 nitrogen and oxygen atoms in total. The highest BCUT2D eigenvalue weighted by Gasteiger charge is 2.49. The number of carbonyl (C=O) groups excluding carboxylic acids is 2. The zero-order valence-corrected chi connectivity index (χ0v) is 19.3. The number of nitrogens with zero attached hydrogens (tertiary/aromatic N) is 1. The van der Waals surface area contributed by atoms with Gasteiger partial charge in [0, 0.05) is 17.9 Å². The summed E-state index contributed by atoms with van der Waals surface area (Å²) in [7, 11) is 4.29. The van der Waals surface area contributed by atoms with Crippen LogP contribution in [0.1, 0.15) is 48.0 Å². The molecule has 0 radical (unpaired) electrons. The number of likely N-dealkylation sites (N-methyl/N-ethyl adjacent to an activating group) is 1. The lowest BCUT2D eigenvalue weighted by Gasteiger charge is -2.33. The average Bonchev–Trinajstić information content (AvgIpc) is 3.44. The molecule has 4 rings (SSSR count). The van der Waals surface area contributed by atoms with Gasteiger partial charge in [0.15, 0.2) is 11.7 Å². The van der Waals surface area contributed by atoms with E-state index in [1.165, 1.54) is 18.2 Å². The Bertz CT molecular complexity index is 954. The minimum atomic E-state index is -1.50. The monoisotopic (exact) mass is 455 g/mol. The lowest BCUT2D eigenvalue weighted by Crippen LogP contribution is -2.46. The first-order valence-electron chi connectivity index (χ1n) is 11.4. The van der Waals surface area contributed by atoms with Gasteiger partial charge in [-0.1, -0.05) is 55.3 Å². The van der Waals surface area contributed by atoms with Crippen molar-refractivity contribution in [1.29, 1.82) is 0 Å². The number of hydrogen-bond acceptors (Lipinski definition) is 6. The molecule has 2 atom stereocenters. The Labute approximate surface area is 194 Å². The van der Waals surface area contributed by atoms with Crippen molar-refractivity contribution in [3.63, 3.8) is 0 Å². The Morgan fingerprint density at radius 1 is 1.00 bits per heavy atom. The van der Waals surface area contributed by atoms with E-state index in [4.69, 9.17) is 9.84 Å². The number of ether oxygens (including phenoxy) is 1. The lowest BCUT2D eigenvalue weighted by atomic mass is 9.80. The van der Waals surface area contributed by atoms with Crippen LogP contribution in [0.5, 0.6) is 5.75 Å². The van der Waals surface area contributed by atoms with Crippen LogP contribution in [0, 0.1) is 5.92 Å². The van der Waals surface area contributed by atoms with Crippen LogP contribution in [-0.2, 0) is 15.1 Å². The predicted molar refractivity (Wildman–Crippen MR) is 121 cm³/mol. The zero-order chi connectivity index (χ0) is 24.1. The molecule has 1 aliphatic heterocycles. The number of esters is 1. The summed E-state index contributed by atoms with van der Waals surface area (Å²) in [4.78, 5) is 23.1. The van der Waals surface area contributed by atoms with Crippen LogP contribution in [0.15, 0.2) is 54.6 Å². The van der Waals surface area contributed by atoms with E-state index in [0.29, 0.717) is 5.56 Å². The number of para-hydroxylation sites is 1. The summed E-state index contributed by atoms with van der Waals surface area (Å²) in [5.74, 6) is -2.12. The molecule has 2 aliphatic rings. The number of aromatic hydroxyl groups is 1. The second kappa shape index (κ2) is 10.4. The van der Waals surface area contributed by atoms with Crippen molar-refractivity contribution in [2.24, 2.45) is 5.92 Å². The van der Waals surface area contributed by atoms with E-state index in [2.05, 4.69) is 14.1 Å². The Morgan fingerprint density at radius 3 is 2.12 bits per heavy atom. The second-order valence-corrected chi connectivity index (χ2v) is 9.58. The largest absolute Gasteiger partial charge is 0.545 e. The smallest absolute Gasteiger partial charge is 0.343 e. The first-order valence-corrected chi connectivity index (χ1v) is 11.4. The number of quaternary nitrogens is 1. The minimum Gasteiger partial charge on any atom is -0.545 e. The molecule has 1 aliphatic carbocycles. The van der Waals surface area contributed by atoms with Gasteiger partial charge >= 0.3 is 5.97 Å². The van der Waals surface area contributed by atoms with Crippen molar-refractivity contribution < 1.29 is 34.1 Å². The highest BCUT2D eigenvalue weighted by Crippen LogP contribution is 2.42. The molecule has 1 saturated heterocycles. The SMILES string of the molecule is C[N+]1(C)CCC(OC(=O)C(O)(c2ccccc2)C2CCCC2)C1.O=C([O-])c1ccccc1O. The summed E-state index contributed by atoms with van der Waals surface area (Å²) in [5.41, 5.74) is -1.01. The van der Waals surface area contributed by atoms with E-state index < -0.39 is 17.5 Å². The molecule has 2 N–H and O–H groups in total. The molecule has 0 bridgehead atoms. The second-order valence-electron chi connectivity index (χ2n) is 9.58. The zero-order valence-electron chi connectivity index (χ0n) is 19.3. The molecule has 33 heavy (non-hydrogen) atoms. The van der Waals surface area contributed by atoms with Gasteiger partial charge in [-0.3, -0.25) is 0 Å². The number of rotatable bonds is 5. The van der Waals surface area contributed by atoms with Crippen LogP contribution in [0.25, 0.3) is 0 Å². The van der Waals surface area contributed by atoms with Crippen LogP contribution < -0.4 is 5.11 Å². The van der Waals surface area contributed by atoms with Crippen molar-refractivity contribution in [2.45, 2.75) is 43.8 Å². The van der Waals surface area contributed by atoms with Gasteiger partial charge in [-0.25, -0.2) is 4.79 Å². The van der Waals surface area contributed by atoms with Crippen LogP contribution in [0.3, 0.4) is 0 Å². The summed E-state index contributed by atoms with van der Waals surface area (Å²) in [6.07, 6.45) is 4.68. The lowest BCUT2D eigenvalue weighted by molar-refractivity contribution is -0.879. The first-order chi connectivity index (χ1) is 15.6. The molecular formula is C26H33NO6. The van der Waals surface area contributed by atoms with Crippen LogP contribution in [0.4, 0.5) is 0 Å². The Hall–Kier alpha value is -2.90. The molecule has 1 heterocycles. The van der Waals surface area contributed by atoms with Crippen LogP contribution in [-0.4, -0.2) is 59.9 Å². The van der Waals surface area contributed by atoms with E-state index in [1.807, 2.05) is 30.3 Å². The normalized spacial score (nSPS) is 21.5. The molecule has 0 amide bonds. The van der Waals surface area contributed by atoms with Gasteiger partial charge in [0.25, 0.3) is 0 Å². The molecule has 0 spiro atoms. The van der Waals surface area contributed by atoms with E-state index in [-0.39, 0.29) is 23.3 Å². The van der Waals surface area contributed by atoms with Crippen molar-refractivity contribution >= 4 is 11.9 Å². The number of carbonyl (C=O) groups is 2. The quantitative estimate of drug-likeness (QED) is 0.529. The highest BCUT2D eigenvalue weighted by atomic mass is 16.6. The van der Waals surface area contributed by atoms with Crippen molar-refractivity contribution in [3.8, 4) is 5.75 Å². The number of aromatic carboxylic acids is 1. The van der Waals surface area contributed by atoms with Gasteiger partial charge in [0.05, 0.1) is 26.6 Å². The number of benzene rings is 2. The van der Waals surface area contributed by atoms with Crippen molar-refractivity contribution in [1.82, 2.24) is 0 Å². The Balaban J connectivity index is 0.000000257. The van der Waals surface area contributed by atoms with Crippen LogP contribution >= 0.6 is 0 Å². The van der Waals surface area contributed by atoms with Gasteiger partial charge in [-0.2, -0.15) is 0 Å². The number of phenols is 1. The Kier molecular flexibility index (Phi) is 7.76. The first kappa shape index (κ1) is 24.7. The molecule has 178 valence electrons. The predicted octanol–water partition coefficient (Wildman–Crippen LogP) is 2.21. The summed E-state index contributed by atoms with van der Waals surface area (Å²) >= 11 is 0. The number of carboxylic acid groups (broad SMARTS) is 1. The van der Waals surface area contributed by atoms with Gasteiger partial charge in [-0.15, -0.1) is 0 Å². The standard InChI is InChI=1S/C19H28NO3.C7H6O3/c1-20(2)13-12-17(14-20)23-18(21)19(22,16-10-6-7-11-16)15-8-4-3-5-9-15;8-6-4-2-1-3-5(6)7(9)10/h3-5,8-9,16-17,22H,6-7,10-14H2,1-2H3;1-4,8H,(H,9,10)/q+1;/p-1. The van der Waals surface area contributed by atoms with Crippen molar-refractivity contribution in [2.75, 3.05) is 27.2 Å². The maximum atomic E-state index is 12.9. The fraction of sp³-hybridized carbons (Fsp3) is 0.462. The van der Waals surface area contributed by atoms with Gasteiger partial charge in [0.1, 0.15) is 12.3 Å². The van der Waals surface area contributed by atoms with E-state index in [1.54, 1.807) is 6.07 Å². The molecule has 7 heteroatoms. The number of carboxylic acids is 1. The van der Waals surface area contributed by atoms with Gasteiger partial charge < -0.3 is 29.3 Å². The maximum Gasteiger partial charge on any atom is 0.343 e. The van der Waals surface area contributed by atoms with E-state index in [9.17, 15) is 19.8 Å². The molecule has 2 aromatic rings. The third-order valence-electron chi connectivity index (χ3n) is 6.62. The average molecular weight is 456 g/mol. The third-order valence-corrected chi connectivity index (χ3v) is 6.62. The molecular weight excluding hydrogens is 422 g/mol. The summed E-state index contributed by atoms with van der Waals surface area (Å²) in [6, 6.07) is 15.0. The number of likely N-dealkylation sites (tertiary alicyclic amines) is 1. The number of hydrogen-bond donors (Lipinski definition) is 2. The third kappa shape index (κ3) is 5.92. The molecule has 2 aromatic carbocycles. The summed E-state index contributed by atoms with van der Waals surface area (Å²) < 4.78 is 6.64. The van der Waals surface area contributed by atoms with E-state index in [0.717, 1.165) is 49.7 Å². The maximum absolute atomic E-state index is 12.9. The Morgan fingerprint density at radius 2 is 1.61 bits per heavy atom. The topological polar surface area (TPSA) is 107 Å². The van der Waals surface area contributed by atoms with Gasteiger partial charge in [-0.05, 0) is 30.5 Å². The number of aliphatic hydroxyl groups is 1. The van der Waals surface area contributed by atoms with Crippen LogP contribution in [0.2, 0.25) is 0 Å². The molecule has 0 aromatic heterocycles.